The molecular formula is C26H28N2O4. The van der Waals surface area contributed by atoms with Crippen molar-refractivity contribution in [3.05, 3.63) is 65.7 Å². The van der Waals surface area contributed by atoms with Gasteiger partial charge in [-0.3, -0.25) is 9.59 Å². The van der Waals surface area contributed by atoms with E-state index in [0.717, 1.165) is 36.3 Å². The summed E-state index contributed by atoms with van der Waals surface area (Å²) in [6, 6.07) is 17.9. The number of ether oxygens (including phenoxy) is 2. The van der Waals surface area contributed by atoms with E-state index in [9.17, 15) is 9.59 Å². The first-order valence-corrected chi connectivity index (χ1v) is 11.6. The largest absolute Gasteiger partial charge is 0.493 e. The number of hydrogen-bond acceptors (Lipinski definition) is 4. The summed E-state index contributed by atoms with van der Waals surface area (Å²) >= 11 is 0. The molecule has 5 atom stereocenters. The van der Waals surface area contributed by atoms with Gasteiger partial charge in [0.2, 0.25) is 11.8 Å². The Labute approximate surface area is 188 Å². The first-order chi connectivity index (χ1) is 15.6. The Morgan fingerprint density at radius 1 is 1.06 bits per heavy atom. The van der Waals surface area contributed by atoms with E-state index >= 15 is 0 Å². The molecule has 2 amide bonds. The van der Waals surface area contributed by atoms with E-state index in [-0.39, 0.29) is 42.3 Å². The van der Waals surface area contributed by atoms with E-state index < -0.39 is 5.54 Å². The molecule has 0 N–H and O–H groups in total. The maximum Gasteiger partial charge on any atom is 0.249 e. The number of fused-ring (bicyclic) bond motifs is 5. The van der Waals surface area contributed by atoms with Crippen LogP contribution in [0.15, 0.2) is 54.6 Å². The Kier molecular flexibility index (Phi) is 4.54. The highest BCUT2D eigenvalue weighted by Crippen LogP contribution is 2.59. The Morgan fingerprint density at radius 3 is 2.62 bits per heavy atom. The predicted molar refractivity (Wildman–Crippen MR) is 118 cm³/mol. The second-order valence-electron chi connectivity index (χ2n) is 9.58. The minimum atomic E-state index is -0.967. The molecule has 0 saturated carbocycles. The van der Waals surface area contributed by atoms with E-state index in [4.69, 9.17) is 9.47 Å². The predicted octanol–water partition coefficient (Wildman–Crippen LogP) is 3.14. The number of amides is 2. The fourth-order valence-electron chi connectivity index (χ4n) is 6.52. The van der Waals surface area contributed by atoms with Gasteiger partial charge in [-0.2, -0.15) is 0 Å². The van der Waals surface area contributed by atoms with Gasteiger partial charge in [0.25, 0.3) is 0 Å². The van der Waals surface area contributed by atoms with Crippen molar-refractivity contribution in [2.45, 2.75) is 43.4 Å². The summed E-state index contributed by atoms with van der Waals surface area (Å²) < 4.78 is 12.0. The molecule has 0 bridgehead atoms. The number of piperazine rings is 1. The van der Waals surface area contributed by atoms with Gasteiger partial charge in [-0.15, -0.1) is 0 Å². The highest BCUT2D eigenvalue weighted by Gasteiger charge is 2.66. The fourth-order valence-corrected chi connectivity index (χ4v) is 6.52. The Hall–Kier alpha value is -2.86. The van der Waals surface area contributed by atoms with Crippen molar-refractivity contribution >= 4 is 11.8 Å². The summed E-state index contributed by atoms with van der Waals surface area (Å²) in [6.07, 6.45) is 1.96. The average molecular weight is 433 g/mol. The molecule has 0 radical (unpaired) electrons. The number of para-hydroxylation sites is 1. The molecule has 4 aliphatic rings. The molecule has 0 aromatic heterocycles. The maximum atomic E-state index is 14.1. The molecule has 3 saturated heterocycles. The Balaban J connectivity index is 1.47. The van der Waals surface area contributed by atoms with Gasteiger partial charge in [-0.1, -0.05) is 48.5 Å². The highest BCUT2D eigenvalue weighted by molar-refractivity contribution is 6.00. The van der Waals surface area contributed by atoms with Crippen molar-refractivity contribution in [1.82, 2.24) is 9.80 Å². The van der Waals surface area contributed by atoms with Crippen molar-refractivity contribution in [1.29, 1.82) is 0 Å². The smallest absolute Gasteiger partial charge is 0.249 e. The zero-order valence-electron chi connectivity index (χ0n) is 18.3. The minimum absolute atomic E-state index is 0.00730. The summed E-state index contributed by atoms with van der Waals surface area (Å²) in [5.74, 6) is 0.703. The third-order valence-electron chi connectivity index (χ3n) is 7.81. The number of carbonyl (C=O) groups excluding carboxylic acids is 2. The maximum absolute atomic E-state index is 14.1. The van der Waals surface area contributed by atoms with E-state index in [1.165, 1.54) is 0 Å². The van der Waals surface area contributed by atoms with Crippen molar-refractivity contribution in [3.8, 4) is 5.75 Å². The quantitative estimate of drug-likeness (QED) is 0.748. The lowest BCUT2D eigenvalue weighted by molar-refractivity contribution is -0.165. The molecule has 4 unspecified atom stereocenters. The summed E-state index contributed by atoms with van der Waals surface area (Å²) in [4.78, 5) is 31.5. The summed E-state index contributed by atoms with van der Waals surface area (Å²) in [5, 5.41) is 0. The van der Waals surface area contributed by atoms with E-state index in [2.05, 4.69) is 12.1 Å². The van der Waals surface area contributed by atoms with E-state index in [1.54, 1.807) is 4.90 Å². The molecule has 0 aliphatic carbocycles. The average Bonchev–Trinajstić information content (AvgIpc) is 3.42. The lowest BCUT2D eigenvalue weighted by Gasteiger charge is -2.47. The van der Waals surface area contributed by atoms with Crippen LogP contribution in [0.2, 0.25) is 0 Å². The lowest BCUT2D eigenvalue weighted by atomic mass is 9.73. The first kappa shape index (κ1) is 19.8. The Bertz CT molecular complexity index is 1050. The van der Waals surface area contributed by atoms with Crippen LogP contribution in [0.3, 0.4) is 0 Å². The van der Waals surface area contributed by atoms with Crippen LogP contribution in [0.5, 0.6) is 5.75 Å². The van der Waals surface area contributed by atoms with Crippen LogP contribution in [-0.2, 0) is 14.3 Å². The topological polar surface area (TPSA) is 59.1 Å². The fraction of sp³-hybridized carbons (Fsp3) is 0.462. The van der Waals surface area contributed by atoms with Gasteiger partial charge in [0.15, 0.2) is 0 Å². The van der Waals surface area contributed by atoms with Crippen LogP contribution in [0.25, 0.3) is 0 Å². The zero-order chi connectivity index (χ0) is 21.9. The van der Waals surface area contributed by atoms with Gasteiger partial charge in [-0.25, -0.2) is 0 Å². The third kappa shape index (κ3) is 2.75. The SMILES string of the molecule is C[C@@]12C(=O)N(CC3CCCO3)CC(=O)N1C1c3ccccc3OCC1C2c1ccccc1. The number of rotatable bonds is 3. The van der Waals surface area contributed by atoms with E-state index in [1.807, 2.05) is 54.3 Å². The van der Waals surface area contributed by atoms with Gasteiger partial charge in [0, 0.05) is 30.6 Å². The third-order valence-corrected chi connectivity index (χ3v) is 7.81. The monoisotopic (exact) mass is 432 g/mol. The molecule has 166 valence electrons. The molecule has 4 heterocycles. The molecular weight excluding hydrogens is 404 g/mol. The molecule has 2 aromatic carbocycles. The number of nitrogens with zero attached hydrogens (tertiary/aromatic N) is 2. The minimum Gasteiger partial charge on any atom is -0.493 e. The van der Waals surface area contributed by atoms with Crippen LogP contribution in [0, 0.1) is 5.92 Å². The molecule has 6 heteroatoms. The number of hydrogen-bond donors (Lipinski definition) is 0. The molecule has 2 aromatic rings. The normalized spacial score (nSPS) is 33.5. The van der Waals surface area contributed by atoms with Gasteiger partial charge < -0.3 is 19.3 Å². The molecule has 6 nitrogen and oxygen atoms in total. The Morgan fingerprint density at radius 2 is 1.84 bits per heavy atom. The van der Waals surface area contributed by atoms with Gasteiger partial charge in [-0.05, 0) is 31.4 Å². The summed E-state index contributed by atoms with van der Waals surface area (Å²) in [7, 11) is 0. The first-order valence-electron chi connectivity index (χ1n) is 11.6. The zero-order valence-corrected chi connectivity index (χ0v) is 18.3. The van der Waals surface area contributed by atoms with E-state index in [0.29, 0.717) is 13.2 Å². The van der Waals surface area contributed by atoms with Crippen LogP contribution < -0.4 is 4.74 Å². The highest BCUT2D eigenvalue weighted by atomic mass is 16.5. The van der Waals surface area contributed by atoms with Gasteiger partial charge in [0.05, 0.1) is 25.3 Å². The summed E-state index contributed by atoms with van der Waals surface area (Å²) in [5.41, 5.74) is 1.11. The van der Waals surface area contributed by atoms with Crippen molar-refractivity contribution in [2.24, 2.45) is 5.92 Å². The van der Waals surface area contributed by atoms with Crippen LogP contribution >= 0.6 is 0 Å². The molecule has 32 heavy (non-hydrogen) atoms. The molecule has 6 rings (SSSR count). The van der Waals surface area contributed by atoms with Crippen molar-refractivity contribution in [2.75, 3.05) is 26.3 Å². The molecule has 0 spiro atoms. The second kappa shape index (κ2) is 7.34. The van der Waals surface area contributed by atoms with Crippen molar-refractivity contribution < 1.29 is 19.1 Å². The second-order valence-corrected chi connectivity index (χ2v) is 9.58. The van der Waals surface area contributed by atoms with Gasteiger partial charge >= 0.3 is 0 Å². The summed E-state index contributed by atoms with van der Waals surface area (Å²) in [6.45, 7) is 3.78. The van der Waals surface area contributed by atoms with Crippen LogP contribution in [0.1, 0.15) is 42.9 Å². The molecule has 4 aliphatic heterocycles. The molecule has 3 fully saturated rings. The number of carbonyl (C=O) groups is 2. The number of benzene rings is 2. The standard InChI is InChI=1S/C26H28N2O4/c1-26-23(17-8-3-2-4-9-17)20-16-32-21-12-6-5-11-19(21)24(20)28(26)22(29)15-27(25(26)30)14-18-10-7-13-31-18/h2-6,8-9,11-12,18,20,23-24H,7,10,13-16H2,1H3/t18?,20?,23?,24?,26-/m1/s1. The van der Waals surface area contributed by atoms with Crippen molar-refractivity contribution in [3.63, 3.8) is 0 Å². The van der Waals surface area contributed by atoms with Crippen LogP contribution in [0.4, 0.5) is 0 Å². The van der Waals surface area contributed by atoms with Gasteiger partial charge in [0.1, 0.15) is 11.3 Å². The van der Waals surface area contributed by atoms with Crippen LogP contribution in [-0.4, -0.2) is 59.6 Å². The lowest BCUT2D eigenvalue weighted by Crippen LogP contribution is -2.66.